The molecular weight excluding hydrogens is 476 g/mol. The van der Waals surface area contributed by atoms with Crippen molar-refractivity contribution in [3.05, 3.63) is 107 Å². The first-order valence-corrected chi connectivity index (χ1v) is 12.4. The first kappa shape index (κ1) is 28.0. The minimum absolute atomic E-state index is 0.0676. The summed E-state index contributed by atoms with van der Waals surface area (Å²) in [5.74, 6) is 0.130. The highest BCUT2D eigenvalue weighted by Crippen LogP contribution is 2.24. The third kappa shape index (κ3) is 7.22. The van der Waals surface area contributed by atoms with Crippen molar-refractivity contribution in [3.63, 3.8) is 0 Å². The summed E-state index contributed by atoms with van der Waals surface area (Å²) in [5.41, 5.74) is 4.83. The number of nitrogens with one attached hydrogen (secondary N) is 1. The second-order valence-electron chi connectivity index (χ2n) is 9.27. The second kappa shape index (κ2) is 13.1. The average molecular weight is 509 g/mol. The number of nitrogens with zero attached hydrogens (tertiary/aromatic N) is 3. The maximum Gasteiger partial charge on any atom is 0.251 e. The Balaban J connectivity index is 1.68. The molecule has 0 aliphatic carbocycles. The lowest BCUT2D eigenvalue weighted by molar-refractivity contribution is 0.0930. The number of amides is 1. The topological polar surface area (TPSA) is 109 Å². The molecule has 0 bridgehead atoms. The molecule has 3 rings (SSSR count). The van der Waals surface area contributed by atoms with E-state index in [4.69, 9.17) is 4.74 Å². The van der Waals surface area contributed by atoms with E-state index in [1.54, 1.807) is 18.2 Å². The van der Waals surface area contributed by atoms with Crippen molar-refractivity contribution in [2.45, 2.75) is 45.8 Å². The van der Waals surface area contributed by atoms with Crippen molar-refractivity contribution < 1.29 is 14.6 Å². The molecule has 1 heterocycles. The number of nitriles is 2. The lowest BCUT2D eigenvalue weighted by atomic mass is 9.99. The van der Waals surface area contributed by atoms with Crippen LogP contribution in [0, 0.1) is 22.7 Å². The van der Waals surface area contributed by atoms with Gasteiger partial charge in [-0.05, 0) is 80.7 Å². The van der Waals surface area contributed by atoms with Crippen LogP contribution in [-0.4, -0.2) is 34.7 Å². The van der Waals surface area contributed by atoms with Crippen LogP contribution in [0.4, 0.5) is 0 Å². The molecule has 0 fully saturated rings. The van der Waals surface area contributed by atoms with Gasteiger partial charge in [-0.1, -0.05) is 30.8 Å². The smallest absolute Gasteiger partial charge is 0.251 e. The summed E-state index contributed by atoms with van der Waals surface area (Å²) in [6.45, 7) is 9.66. The molecule has 2 N–H and O–H groups in total. The fraction of sp³-hybridized carbons (Fsp3) is 0.258. The monoisotopic (exact) mass is 508 g/mol. The van der Waals surface area contributed by atoms with E-state index in [2.05, 4.69) is 24.0 Å². The molecule has 2 aromatic rings. The number of aliphatic hydroxyl groups excluding tert-OH is 1. The number of allylic oxidation sites excluding steroid dienone is 4. The predicted octanol–water partition coefficient (Wildman–Crippen LogP) is 5.22. The Labute approximate surface area is 224 Å². The molecule has 7 nitrogen and oxygen atoms in total. The van der Waals surface area contributed by atoms with E-state index in [9.17, 15) is 20.4 Å². The second-order valence-corrected chi connectivity index (χ2v) is 9.27. The van der Waals surface area contributed by atoms with Crippen LogP contribution in [-0.2, 0) is 6.42 Å². The summed E-state index contributed by atoms with van der Waals surface area (Å²) in [6, 6.07) is 16.7. The van der Waals surface area contributed by atoms with Crippen LogP contribution in [0.25, 0.3) is 5.57 Å². The van der Waals surface area contributed by atoms with Gasteiger partial charge in [0.2, 0.25) is 0 Å². The number of benzene rings is 2. The SMILES string of the molecule is C=C1C(C#N)=CC=CN1/C=C(\C)c1ccc(CC(CCO)NC(=O)c2ccc(OC(C)C)c(C#N)c2)cc1. The van der Waals surface area contributed by atoms with Crippen molar-refractivity contribution in [1.82, 2.24) is 10.2 Å². The lowest BCUT2D eigenvalue weighted by Crippen LogP contribution is -2.37. The van der Waals surface area contributed by atoms with Gasteiger partial charge in [0.25, 0.3) is 5.91 Å². The average Bonchev–Trinajstić information content (AvgIpc) is 2.90. The van der Waals surface area contributed by atoms with E-state index in [0.29, 0.717) is 41.0 Å². The molecule has 1 unspecified atom stereocenters. The van der Waals surface area contributed by atoms with Crippen molar-refractivity contribution in [1.29, 1.82) is 10.5 Å². The van der Waals surface area contributed by atoms with Gasteiger partial charge in [-0.3, -0.25) is 4.79 Å². The van der Waals surface area contributed by atoms with Gasteiger partial charge >= 0.3 is 0 Å². The van der Waals surface area contributed by atoms with E-state index in [1.165, 1.54) is 6.07 Å². The number of hydrogen-bond donors (Lipinski definition) is 2. The molecule has 1 aliphatic heterocycles. The Kier molecular flexibility index (Phi) is 9.65. The summed E-state index contributed by atoms with van der Waals surface area (Å²) in [5, 5.41) is 31.3. The Morgan fingerprint density at radius 1 is 1.16 bits per heavy atom. The summed E-state index contributed by atoms with van der Waals surface area (Å²) >= 11 is 0. The van der Waals surface area contributed by atoms with Gasteiger partial charge in [-0.2, -0.15) is 10.5 Å². The van der Waals surface area contributed by atoms with E-state index < -0.39 is 0 Å². The van der Waals surface area contributed by atoms with E-state index in [0.717, 1.165) is 16.7 Å². The molecule has 1 amide bonds. The highest BCUT2D eigenvalue weighted by molar-refractivity contribution is 5.95. The minimum Gasteiger partial charge on any atom is -0.490 e. The lowest BCUT2D eigenvalue weighted by Gasteiger charge is -2.22. The van der Waals surface area contributed by atoms with Crippen LogP contribution in [0.2, 0.25) is 0 Å². The number of ether oxygens (including phenoxy) is 1. The molecule has 0 saturated heterocycles. The summed E-state index contributed by atoms with van der Waals surface area (Å²) < 4.78 is 5.64. The molecule has 38 heavy (non-hydrogen) atoms. The highest BCUT2D eigenvalue weighted by atomic mass is 16.5. The first-order chi connectivity index (χ1) is 18.2. The highest BCUT2D eigenvalue weighted by Gasteiger charge is 2.17. The third-order valence-electron chi connectivity index (χ3n) is 6.01. The number of carbonyl (C=O) groups excluding carboxylic acids is 1. The normalized spacial score (nSPS) is 14.0. The maximum absolute atomic E-state index is 12.9. The zero-order valence-corrected chi connectivity index (χ0v) is 21.9. The minimum atomic E-state index is -0.313. The Bertz CT molecular complexity index is 1350. The van der Waals surface area contributed by atoms with Crippen molar-refractivity contribution in [3.8, 4) is 17.9 Å². The number of hydrogen-bond acceptors (Lipinski definition) is 6. The first-order valence-electron chi connectivity index (χ1n) is 12.4. The molecule has 1 atom stereocenters. The molecule has 0 spiro atoms. The molecule has 2 aromatic carbocycles. The van der Waals surface area contributed by atoms with E-state index in [-0.39, 0.29) is 24.7 Å². The number of aliphatic hydroxyl groups is 1. The number of rotatable bonds is 10. The van der Waals surface area contributed by atoms with Crippen molar-refractivity contribution >= 4 is 11.5 Å². The molecule has 0 radical (unpaired) electrons. The summed E-state index contributed by atoms with van der Waals surface area (Å²) in [6.07, 6.45) is 8.17. The molecular formula is C31H32N4O3. The fourth-order valence-corrected chi connectivity index (χ4v) is 4.02. The number of carbonyl (C=O) groups is 1. The van der Waals surface area contributed by atoms with Gasteiger partial charge in [0, 0.05) is 30.6 Å². The Morgan fingerprint density at radius 2 is 1.87 bits per heavy atom. The van der Waals surface area contributed by atoms with E-state index >= 15 is 0 Å². The Hall–Kier alpha value is -4.59. The van der Waals surface area contributed by atoms with Crippen LogP contribution in [0.5, 0.6) is 5.75 Å². The standard InChI is InChI=1S/C31H32N4O3/c1-21(2)38-30-12-11-26(17-28(30)19-33)31(37)34-29(13-15-36)16-24-7-9-25(10-8-24)22(3)20-35-14-5-6-27(18-32)23(35)4/h5-12,14,17,20-21,29,36H,4,13,15-16H2,1-3H3,(H,34,37)/b22-20+. The molecule has 7 heteroatoms. The van der Waals surface area contributed by atoms with Crippen LogP contribution in [0.15, 0.2) is 84.9 Å². The molecule has 194 valence electrons. The molecule has 0 aromatic heterocycles. The van der Waals surface area contributed by atoms with Crippen molar-refractivity contribution in [2.24, 2.45) is 0 Å². The van der Waals surface area contributed by atoms with Crippen LogP contribution in [0.1, 0.15) is 54.2 Å². The van der Waals surface area contributed by atoms with Gasteiger partial charge in [-0.25, -0.2) is 0 Å². The largest absolute Gasteiger partial charge is 0.490 e. The van der Waals surface area contributed by atoms with Gasteiger partial charge < -0.3 is 20.1 Å². The quantitative estimate of drug-likeness (QED) is 0.455. The van der Waals surface area contributed by atoms with E-state index in [1.807, 2.05) is 68.4 Å². The van der Waals surface area contributed by atoms with Gasteiger partial charge in [0.15, 0.2) is 0 Å². The van der Waals surface area contributed by atoms with Crippen LogP contribution < -0.4 is 10.1 Å². The van der Waals surface area contributed by atoms with Crippen LogP contribution in [0.3, 0.4) is 0 Å². The van der Waals surface area contributed by atoms with Gasteiger partial charge in [0.1, 0.15) is 17.9 Å². The van der Waals surface area contributed by atoms with Crippen LogP contribution >= 0.6 is 0 Å². The Morgan fingerprint density at radius 3 is 2.50 bits per heavy atom. The summed E-state index contributed by atoms with van der Waals surface area (Å²) in [4.78, 5) is 14.8. The van der Waals surface area contributed by atoms with Gasteiger partial charge in [-0.15, -0.1) is 0 Å². The zero-order chi connectivity index (χ0) is 27.7. The predicted molar refractivity (Wildman–Crippen MR) is 147 cm³/mol. The third-order valence-corrected chi connectivity index (χ3v) is 6.01. The van der Waals surface area contributed by atoms with Crippen molar-refractivity contribution in [2.75, 3.05) is 6.61 Å². The summed E-state index contributed by atoms with van der Waals surface area (Å²) in [7, 11) is 0. The molecule has 1 aliphatic rings. The molecule has 0 saturated carbocycles. The zero-order valence-electron chi connectivity index (χ0n) is 21.9. The fourth-order valence-electron chi connectivity index (χ4n) is 4.02. The van der Waals surface area contributed by atoms with Gasteiger partial charge in [0.05, 0.1) is 22.9 Å². The maximum atomic E-state index is 12.9.